The number of rotatable bonds is 3. The number of hydrogen-bond acceptors (Lipinski definition) is 5. The van der Waals surface area contributed by atoms with Gasteiger partial charge in [-0.3, -0.25) is 9.59 Å². The van der Waals surface area contributed by atoms with E-state index >= 15 is 0 Å². The second-order valence-electron chi connectivity index (χ2n) is 5.45. The van der Waals surface area contributed by atoms with Gasteiger partial charge in [0.1, 0.15) is 5.75 Å². The van der Waals surface area contributed by atoms with Crippen LogP contribution in [0.4, 0.5) is 11.4 Å². The van der Waals surface area contributed by atoms with E-state index in [9.17, 15) is 14.4 Å². The third kappa shape index (κ3) is 3.30. The molecule has 1 aliphatic rings. The molecule has 7 heteroatoms. The number of anilines is 2. The normalized spacial score (nSPS) is 15.4. The molecule has 2 aromatic rings. The van der Waals surface area contributed by atoms with Gasteiger partial charge in [-0.25, -0.2) is 4.79 Å². The van der Waals surface area contributed by atoms with Crippen LogP contribution in [0.2, 0.25) is 0 Å². The van der Waals surface area contributed by atoms with E-state index in [1.54, 1.807) is 49.4 Å². The average molecular weight is 340 g/mol. The number of fused-ring (bicyclic) bond motifs is 1. The zero-order valence-corrected chi connectivity index (χ0v) is 13.7. The Labute approximate surface area is 143 Å². The molecule has 2 N–H and O–H groups in total. The Morgan fingerprint density at radius 3 is 2.72 bits per heavy atom. The Hall–Kier alpha value is -3.35. The van der Waals surface area contributed by atoms with Crippen LogP contribution in [0.5, 0.6) is 5.75 Å². The first kappa shape index (κ1) is 16.5. The number of carbonyl (C=O) groups excluding carboxylic acids is 3. The molecule has 0 bridgehead atoms. The number of ether oxygens (including phenoxy) is 2. The molecule has 0 fully saturated rings. The fraction of sp³-hybridized carbons (Fsp3) is 0.167. The Kier molecular flexibility index (Phi) is 4.38. The van der Waals surface area contributed by atoms with Crippen LogP contribution in [0.3, 0.4) is 0 Å². The summed E-state index contributed by atoms with van der Waals surface area (Å²) in [6.07, 6.45) is -0.633. The first-order valence-electron chi connectivity index (χ1n) is 7.60. The summed E-state index contributed by atoms with van der Waals surface area (Å²) in [5.41, 5.74) is 1.45. The van der Waals surface area contributed by atoms with Crippen molar-refractivity contribution in [2.75, 3.05) is 17.7 Å². The highest BCUT2D eigenvalue weighted by molar-refractivity contribution is 6.09. The predicted octanol–water partition coefficient (Wildman–Crippen LogP) is 2.44. The summed E-state index contributed by atoms with van der Waals surface area (Å²) in [5.74, 6) is -0.772. The summed E-state index contributed by atoms with van der Waals surface area (Å²) >= 11 is 0. The predicted molar refractivity (Wildman–Crippen MR) is 90.9 cm³/mol. The average Bonchev–Trinajstić information content (AvgIpc) is 2.62. The van der Waals surface area contributed by atoms with Crippen LogP contribution in [-0.4, -0.2) is 31.0 Å². The van der Waals surface area contributed by atoms with Crippen LogP contribution in [0, 0.1) is 0 Å². The summed E-state index contributed by atoms with van der Waals surface area (Å²) in [7, 11) is 1.28. The first-order valence-corrected chi connectivity index (χ1v) is 7.60. The Morgan fingerprint density at radius 1 is 1.20 bits per heavy atom. The minimum Gasteiger partial charge on any atom is -0.479 e. The van der Waals surface area contributed by atoms with Gasteiger partial charge < -0.3 is 20.1 Å². The largest absolute Gasteiger partial charge is 0.479 e. The maximum atomic E-state index is 12.5. The van der Waals surface area contributed by atoms with Crippen molar-refractivity contribution in [2.45, 2.75) is 13.0 Å². The van der Waals surface area contributed by atoms with Gasteiger partial charge in [0.2, 0.25) is 0 Å². The van der Waals surface area contributed by atoms with Crippen molar-refractivity contribution >= 4 is 29.2 Å². The molecular weight excluding hydrogens is 324 g/mol. The van der Waals surface area contributed by atoms with E-state index in [1.165, 1.54) is 7.11 Å². The number of carbonyl (C=O) groups is 3. The molecular formula is C18H16N2O5. The molecule has 1 unspecified atom stereocenters. The van der Waals surface area contributed by atoms with Crippen LogP contribution in [-0.2, 0) is 9.53 Å². The Morgan fingerprint density at radius 2 is 1.96 bits per heavy atom. The van der Waals surface area contributed by atoms with Crippen molar-refractivity contribution in [1.82, 2.24) is 0 Å². The highest BCUT2D eigenvalue weighted by atomic mass is 16.5. The van der Waals surface area contributed by atoms with Crippen molar-refractivity contribution in [3.05, 3.63) is 53.6 Å². The minimum absolute atomic E-state index is 0.239. The summed E-state index contributed by atoms with van der Waals surface area (Å²) in [6, 6.07) is 11.3. The monoisotopic (exact) mass is 340 g/mol. The van der Waals surface area contributed by atoms with Gasteiger partial charge in [-0.05, 0) is 37.3 Å². The van der Waals surface area contributed by atoms with Crippen LogP contribution < -0.4 is 15.4 Å². The van der Waals surface area contributed by atoms with Gasteiger partial charge in [-0.1, -0.05) is 12.1 Å². The van der Waals surface area contributed by atoms with E-state index in [1.807, 2.05) is 0 Å². The number of hydrogen-bond donors (Lipinski definition) is 2. The van der Waals surface area contributed by atoms with Gasteiger partial charge >= 0.3 is 5.97 Å². The van der Waals surface area contributed by atoms with Gasteiger partial charge in [0.25, 0.3) is 11.8 Å². The van der Waals surface area contributed by atoms with E-state index in [4.69, 9.17) is 9.47 Å². The summed E-state index contributed by atoms with van der Waals surface area (Å²) in [4.78, 5) is 35.9. The lowest BCUT2D eigenvalue weighted by molar-refractivity contribution is -0.122. The summed E-state index contributed by atoms with van der Waals surface area (Å²) < 4.78 is 10.2. The summed E-state index contributed by atoms with van der Waals surface area (Å²) in [6.45, 7) is 1.62. The standard InChI is InChI=1S/C18H16N2O5/c1-10-16(21)20-14-8-7-11(9-15(14)25-10)17(22)19-13-6-4-3-5-12(13)18(23)24-2/h3-10H,1-2H3,(H,19,22)(H,20,21). The SMILES string of the molecule is COC(=O)c1ccccc1NC(=O)c1ccc2c(c1)OC(C)C(=O)N2. The van der Waals surface area contributed by atoms with Crippen molar-refractivity contribution in [3.8, 4) is 5.75 Å². The molecule has 1 heterocycles. The lowest BCUT2D eigenvalue weighted by Gasteiger charge is -2.23. The van der Waals surface area contributed by atoms with Crippen LogP contribution >= 0.6 is 0 Å². The van der Waals surface area contributed by atoms with Crippen molar-refractivity contribution in [1.29, 1.82) is 0 Å². The lowest BCUT2D eigenvalue weighted by atomic mass is 10.1. The molecule has 0 aliphatic carbocycles. The maximum absolute atomic E-state index is 12.5. The smallest absolute Gasteiger partial charge is 0.339 e. The first-order chi connectivity index (χ1) is 12.0. The lowest BCUT2D eigenvalue weighted by Crippen LogP contribution is -2.34. The molecule has 0 spiro atoms. The molecule has 1 aliphatic heterocycles. The molecule has 0 radical (unpaired) electrons. The molecule has 0 saturated heterocycles. The van der Waals surface area contributed by atoms with E-state index < -0.39 is 18.0 Å². The zero-order chi connectivity index (χ0) is 18.0. The quantitative estimate of drug-likeness (QED) is 0.837. The molecule has 2 amide bonds. The molecule has 25 heavy (non-hydrogen) atoms. The molecule has 3 rings (SSSR count). The Balaban J connectivity index is 1.85. The molecule has 7 nitrogen and oxygen atoms in total. The molecule has 128 valence electrons. The topological polar surface area (TPSA) is 93.7 Å². The van der Waals surface area contributed by atoms with E-state index in [0.29, 0.717) is 22.7 Å². The molecule has 0 saturated carbocycles. The minimum atomic E-state index is -0.633. The number of benzene rings is 2. The molecule has 2 aromatic carbocycles. The number of para-hydroxylation sites is 1. The Bertz CT molecular complexity index is 862. The molecule has 1 atom stereocenters. The van der Waals surface area contributed by atoms with Crippen molar-refractivity contribution < 1.29 is 23.9 Å². The number of amides is 2. The van der Waals surface area contributed by atoms with E-state index in [2.05, 4.69) is 10.6 Å². The number of methoxy groups -OCH3 is 1. The highest BCUT2D eigenvalue weighted by Gasteiger charge is 2.24. The van der Waals surface area contributed by atoms with Crippen LogP contribution in [0.1, 0.15) is 27.6 Å². The summed E-state index contributed by atoms with van der Waals surface area (Å²) in [5, 5.41) is 5.39. The highest BCUT2D eigenvalue weighted by Crippen LogP contribution is 2.31. The maximum Gasteiger partial charge on any atom is 0.339 e. The van der Waals surface area contributed by atoms with E-state index in [0.717, 1.165) is 0 Å². The third-order valence-electron chi connectivity index (χ3n) is 3.76. The zero-order valence-electron chi connectivity index (χ0n) is 13.7. The van der Waals surface area contributed by atoms with Crippen molar-refractivity contribution in [2.24, 2.45) is 0 Å². The van der Waals surface area contributed by atoms with Gasteiger partial charge in [-0.15, -0.1) is 0 Å². The van der Waals surface area contributed by atoms with Crippen LogP contribution in [0.25, 0.3) is 0 Å². The fourth-order valence-corrected chi connectivity index (χ4v) is 2.42. The van der Waals surface area contributed by atoms with Gasteiger partial charge in [0.05, 0.1) is 24.0 Å². The third-order valence-corrected chi connectivity index (χ3v) is 3.76. The van der Waals surface area contributed by atoms with E-state index in [-0.39, 0.29) is 11.5 Å². The van der Waals surface area contributed by atoms with Crippen LogP contribution in [0.15, 0.2) is 42.5 Å². The second-order valence-corrected chi connectivity index (χ2v) is 5.45. The van der Waals surface area contributed by atoms with Gasteiger partial charge in [0, 0.05) is 5.56 Å². The molecule has 0 aromatic heterocycles. The number of nitrogens with one attached hydrogen (secondary N) is 2. The second kappa shape index (κ2) is 6.64. The van der Waals surface area contributed by atoms with Gasteiger partial charge in [0.15, 0.2) is 6.10 Å². The number of esters is 1. The van der Waals surface area contributed by atoms with Gasteiger partial charge in [-0.2, -0.15) is 0 Å². The fourth-order valence-electron chi connectivity index (χ4n) is 2.42. The van der Waals surface area contributed by atoms with Crippen molar-refractivity contribution in [3.63, 3.8) is 0 Å².